The Morgan fingerprint density at radius 1 is 1.30 bits per heavy atom. The Labute approximate surface area is 184 Å². The molecule has 1 heterocycles. The fourth-order valence-electron chi connectivity index (χ4n) is 3.62. The average molecular weight is 443 g/mol. The Morgan fingerprint density at radius 3 is 2.77 bits per heavy atom. The van der Waals surface area contributed by atoms with E-state index < -0.39 is 12.1 Å². The lowest BCUT2D eigenvalue weighted by Crippen LogP contribution is -2.06. The van der Waals surface area contributed by atoms with Gasteiger partial charge in [-0.2, -0.15) is 0 Å². The minimum atomic E-state index is -0.987. The molecule has 0 bridgehead atoms. The molecule has 1 aliphatic carbocycles. The highest BCUT2D eigenvalue weighted by atomic mass is 35.5. The molecule has 1 atom stereocenters. The molecule has 154 valence electrons. The van der Waals surface area contributed by atoms with Gasteiger partial charge >= 0.3 is 5.97 Å². The van der Waals surface area contributed by atoms with Crippen LogP contribution in [0.3, 0.4) is 0 Å². The van der Waals surface area contributed by atoms with E-state index >= 15 is 0 Å². The van der Waals surface area contributed by atoms with Crippen LogP contribution < -0.4 is 10.5 Å². The van der Waals surface area contributed by atoms with Crippen molar-refractivity contribution in [2.24, 2.45) is 0 Å². The Kier molecular flexibility index (Phi) is 5.58. The van der Waals surface area contributed by atoms with Gasteiger partial charge in [-0.1, -0.05) is 23.2 Å². The van der Waals surface area contributed by atoms with E-state index in [4.69, 9.17) is 38.8 Å². The zero-order valence-electron chi connectivity index (χ0n) is 16.2. The first-order valence-corrected chi connectivity index (χ1v) is 10.3. The van der Waals surface area contributed by atoms with Crippen LogP contribution in [0, 0.1) is 0 Å². The average Bonchev–Trinajstić information content (AvgIpc) is 3.54. The van der Waals surface area contributed by atoms with Gasteiger partial charge in [0.1, 0.15) is 11.9 Å². The fourth-order valence-corrected chi connectivity index (χ4v) is 4.30. The standard InChI is InChI=1S/C23H20Cl2N2O3/c1-12(21-17(24)6-7-18(26)23(21)25)30-15-5-8-19-16(10-15)22(13-2-3-13)14(11-27-19)4-9-20(28)29/h4-13H,2-3,26H2,1H3,(H,28,29)/b9-4+/t12-/m0/s1. The van der Waals surface area contributed by atoms with Crippen molar-refractivity contribution in [1.82, 2.24) is 4.98 Å². The molecule has 0 saturated heterocycles. The number of carboxylic acid groups (broad SMARTS) is 1. The van der Waals surface area contributed by atoms with Crippen molar-refractivity contribution in [3.05, 3.63) is 69.3 Å². The van der Waals surface area contributed by atoms with Crippen molar-refractivity contribution in [2.75, 3.05) is 5.73 Å². The van der Waals surface area contributed by atoms with Crippen molar-refractivity contribution in [2.45, 2.75) is 31.8 Å². The lowest BCUT2D eigenvalue weighted by Gasteiger charge is -2.19. The molecular weight excluding hydrogens is 423 g/mol. The summed E-state index contributed by atoms with van der Waals surface area (Å²) in [5.74, 6) is 0.0562. The Morgan fingerprint density at radius 2 is 2.07 bits per heavy atom. The number of carbonyl (C=O) groups is 1. The van der Waals surface area contributed by atoms with Crippen LogP contribution in [0.5, 0.6) is 5.75 Å². The highest BCUT2D eigenvalue weighted by Gasteiger charge is 2.28. The number of nitrogens with zero attached hydrogens (tertiary/aromatic N) is 1. The summed E-state index contributed by atoms with van der Waals surface area (Å²) < 4.78 is 6.15. The summed E-state index contributed by atoms with van der Waals surface area (Å²) in [6, 6.07) is 9.06. The van der Waals surface area contributed by atoms with Crippen LogP contribution in [0.2, 0.25) is 10.0 Å². The number of rotatable bonds is 6. The normalized spacial score (nSPS) is 14.9. The minimum Gasteiger partial charge on any atom is -0.486 e. The summed E-state index contributed by atoms with van der Waals surface area (Å²) >= 11 is 12.7. The molecule has 7 heteroatoms. The number of nitrogen functional groups attached to an aromatic ring is 1. The van der Waals surface area contributed by atoms with Gasteiger partial charge < -0.3 is 15.6 Å². The molecule has 0 radical (unpaired) electrons. The first-order valence-electron chi connectivity index (χ1n) is 9.59. The van der Waals surface area contributed by atoms with Gasteiger partial charge in [-0.3, -0.25) is 4.98 Å². The maximum atomic E-state index is 11.0. The van der Waals surface area contributed by atoms with E-state index in [9.17, 15) is 4.79 Å². The molecule has 1 aromatic heterocycles. The summed E-state index contributed by atoms with van der Waals surface area (Å²) in [5.41, 5.74) is 9.76. The molecule has 1 fully saturated rings. The lowest BCUT2D eigenvalue weighted by atomic mass is 9.99. The number of hydrogen-bond acceptors (Lipinski definition) is 4. The lowest BCUT2D eigenvalue weighted by molar-refractivity contribution is -0.131. The van der Waals surface area contributed by atoms with Crippen LogP contribution in [0.15, 0.2) is 42.6 Å². The van der Waals surface area contributed by atoms with Gasteiger partial charge in [-0.25, -0.2) is 4.79 Å². The summed E-state index contributed by atoms with van der Waals surface area (Å²) in [7, 11) is 0. The highest BCUT2D eigenvalue weighted by Crippen LogP contribution is 2.45. The smallest absolute Gasteiger partial charge is 0.328 e. The monoisotopic (exact) mass is 442 g/mol. The van der Waals surface area contributed by atoms with E-state index in [1.165, 1.54) is 0 Å². The van der Waals surface area contributed by atoms with Gasteiger partial charge in [0.05, 0.1) is 16.2 Å². The number of carboxylic acids is 1. The molecule has 5 nitrogen and oxygen atoms in total. The van der Waals surface area contributed by atoms with Crippen LogP contribution in [0.25, 0.3) is 17.0 Å². The summed E-state index contributed by atoms with van der Waals surface area (Å²) in [5, 5.41) is 10.8. The maximum absolute atomic E-state index is 11.0. The second-order valence-corrected chi connectivity index (χ2v) is 8.16. The molecule has 1 saturated carbocycles. The number of pyridine rings is 1. The van der Waals surface area contributed by atoms with E-state index in [0.717, 1.165) is 40.9 Å². The number of nitrogens with two attached hydrogens (primary N) is 1. The Bertz CT molecular complexity index is 1170. The first-order chi connectivity index (χ1) is 14.3. The van der Waals surface area contributed by atoms with Gasteiger partial charge in [0.15, 0.2) is 0 Å². The molecule has 1 aliphatic rings. The molecule has 0 amide bonds. The van der Waals surface area contributed by atoms with Crippen LogP contribution in [0.1, 0.15) is 48.5 Å². The molecule has 30 heavy (non-hydrogen) atoms. The zero-order chi connectivity index (χ0) is 21.4. The fraction of sp³-hybridized carbons (Fsp3) is 0.217. The largest absolute Gasteiger partial charge is 0.486 e. The van der Waals surface area contributed by atoms with Gasteiger partial charge in [-0.15, -0.1) is 0 Å². The number of benzene rings is 2. The van der Waals surface area contributed by atoms with E-state index in [0.29, 0.717) is 33.0 Å². The number of fused-ring (bicyclic) bond motifs is 1. The molecular formula is C23H20Cl2N2O3. The number of ether oxygens (including phenoxy) is 1. The summed E-state index contributed by atoms with van der Waals surface area (Å²) in [6.07, 6.45) is 6.20. The number of halogens is 2. The highest BCUT2D eigenvalue weighted by molar-refractivity contribution is 6.37. The molecule has 4 rings (SSSR count). The van der Waals surface area contributed by atoms with Gasteiger partial charge in [0.25, 0.3) is 0 Å². The van der Waals surface area contributed by atoms with Crippen LogP contribution in [-0.4, -0.2) is 16.1 Å². The molecule has 0 spiro atoms. The van der Waals surface area contributed by atoms with Gasteiger partial charge in [0, 0.05) is 28.2 Å². The quantitative estimate of drug-likeness (QED) is 0.348. The van der Waals surface area contributed by atoms with Crippen molar-refractivity contribution < 1.29 is 14.6 Å². The van der Waals surface area contributed by atoms with Crippen molar-refractivity contribution in [3.8, 4) is 5.75 Å². The topological polar surface area (TPSA) is 85.4 Å². The predicted octanol–water partition coefficient (Wildman–Crippen LogP) is 6.24. The number of hydrogen-bond donors (Lipinski definition) is 2. The molecule has 0 unspecified atom stereocenters. The van der Waals surface area contributed by atoms with Crippen LogP contribution >= 0.6 is 23.2 Å². The summed E-state index contributed by atoms with van der Waals surface area (Å²) in [6.45, 7) is 1.86. The molecule has 2 aromatic carbocycles. The first kappa shape index (κ1) is 20.5. The van der Waals surface area contributed by atoms with Gasteiger partial charge in [-0.05, 0) is 73.2 Å². The van der Waals surface area contributed by atoms with E-state index in [2.05, 4.69) is 4.98 Å². The zero-order valence-corrected chi connectivity index (χ0v) is 17.7. The van der Waals surface area contributed by atoms with Crippen molar-refractivity contribution >= 4 is 51.8 Å². The van der Waals surface area contributed by atoms with E-state index in [1.54, 1.807) is 24.4 Å². The van der Waals surface area contributed by atoms with Gasteiger partial charge in [0.2, 0.25) is 0 Å². The van der Waals surface area contributed by atoms with E-state index in [1.807, 2.05) is 25.1 Å². The second-order valence-electron chi connectivity index (χ2n) is 7.38. The Hall–Kier alpha value is -2.76. The minimum absolute atomic E-state index is 0.386. The van der Waals surface area contributed by atoms with Crippen molar-refractivity contribution in [3.63, 3.8) is 0 Å². The number of anilines is 1. The third-order valence-corrected chi connectivity index (χ3v) is 5.93. The van der Waals surface area contributed by atoms with Crippen molar-refractivity contribution in [1.29, 1.82) is 0 Å². The maximum Gasteiger partial charge on any atom is 0.328 e. The SMILES string of the molecule is C[C@H](Oc1ccc2ncc(/C=C/C(=O)O)c(C3CC3)c2c1)c1c(Cl)ccc(N)c1Cl. The third-order valence-electron chi connectivity index (χ3n) is 5.18. The Balaban J connectivity index is 1.73. The molecule has 3 aromatic rings. The predicted molar refractivity (Wildman–Crippen MR) is 120 cm³/mol. The number of aliphatic carboxylic acids is 1. The van der Waals surface area contributed by atoms with E-state index in [-0.39, 0.29) is 0 Å². The third kappa shape index (κ3) is 4.09. The summed E-state index contributed by atoms with van der Waals surface area (Å²) in [4.78, 5) is 15.5. The number of aromatic nitrogens is 1. The molecule has 3 N–H and O–H groups in total. The van der Waals surface area contributed by atoms with Crippen LogP contribution in [0.4, 0.5) is 5.69 Å². The van der Waals surface area contributed by atoms with Crippen LogP contribution in [-0.2, 0) is 4.79 Å². The molecule has 0 aliphatic heterocycles. The second kappa shape index (κ2) is 8.17.